The van der Waals surface area contributed by atoms with Crippen LogP contribution in [0.15, 0.2) is 17.8 Å². The fraction of sp³-hybridized carbons (Fsp3) is 0.462. The highest BCUT2D eigenvalue weighted by molar-refractivity contribution is 7.15. The SMILES string of the molecule is COC1CC(C(=O)O)N(C(=O)Cc2cn3ccsc3n2)C1. The molecule has 8 heteroatoms. The van der Waals surface area contributed by atoms with Crippen molar-refractivity contribution in [3.05, 3.63) is 23.5 Å². The number of ether oxygens (including phenoxy) is 1. The molecule has 1 N–H and O–H groups in total. The van der Waals surface area contributed by atoms with E-state index in [9.17, 15) is 14.7 Å². The molecule has 0 spiro atoms. The van der Waals surface area contributed by atoms with Crippen molar-refractivity contribution in [2.75, 3.05) is 13.7 Å². The van der Waals surface area contributed by atoms with Gasteiger partial charge < -0.3 is 14.7 Å². The summed E-state index contributed by atoms with van der Waals surface area (Å²) in [6.45, 7) is 0.314. The van der Waals surface area contributed by atoms with Crippen LogP contribution >= 0.6 is 11.3 Å². The number of hydrogen-bond donors (Lipinski definition) is 1. The number of thiazole rings is 1. The van der Waals surface area contributed by atoms with Crippen molar-refractivity contribution in [3.63, 3.8) is 0 Å². The molecule has 0 aliphatic carbocycles. The highest BCUT2D eigenvalue weighted by Crippen LogP contribution is 2.22. The van der Waals surface area contributed by atoms with Crippen molar-refractivity contribution < 1.29 is 19.4 Å². The van der Waals surface area contributed by atoms with E-state index in [1.807, 2.05) is 16.0 Å². The molecular weight excluding hydrogens is 294 g/mol. The first-order valence-corrected chi connectivity index (χ1v) is 7.42. The van der Waals surface area contributed by atoms with Crippen LogP contribution in [0.1, 0.15) is 12.1 Å². The maximum absolute atomic E-state index is 12.4. The molecule has 2 unspecified atom stereocenters. The summed E-state index contributed by atoms with van der Waals surface area (Å²) >= 11 is 1.49. The molecule has 0 saturated carbocycles. The number of amides is 1. The molecule has 1 saturated heterocycles. The number of aromatic nitrogens is 2. The van der Waals surface area contributed by atoms with Crippen LogP contribution in [0.4, 0.5) is 0 Å². The Morgan fingerprint density at radius 2 is 2.38 bits per heavy atom. The molecule has 0 radical (unpaired) electrons. The van der Waals surface area contributed by atoms with Gasteiger partial charge in [0.25, 0.3) is 0 Å². The Kier molecular flexibility index (Phi) is 3.64. The van der Waals surface area contributed by atoms with Crippen LogP contribution in [0.2, 0.25) is 0 Å². The Hall–Kier alpha value is -1.93. The Labute approximate surface area is 124 Å². The average molecular weight is 309 g/mol. The highest BCUT2D eigenvalue weighted by Gasteiger charge is 2.39. The van der Waals surface area contributed by atoms with Crippen LogP contribution in [0.3, 0.4) is 0 Å². The number of nitrogens with zero attached hydrogens (tertiary/aromatic N) is 3. The van der Waals surface area contributed by atoms with Gasteiger partial charge in [-0.05, 0) is 0 Å². The van der Waals surface area contributed by atoms with Crippen molar-refractivity contribution >= 4 is 28.2 Å². The molecule has 21 heavy (non-hydrogen) atoms. The Morgan fingerprint density at radius 1 is 1.57 bits per heavy atom. The molecule has 3 heterocycles. The van der Waals surface area contributed by atoms with Gasteiger partial charge in [0.05, 0.1) is 18.2 Å². The predicted octanol–water partition coefficient (Wildman–Crippen LogP) is 0.639. The van der Waals surface area contributed by atoms with E-state index in [0.29, 0.717) is 18.7 Å². The molecule has 0 aromatic carbocycles. The zero-order valence-electron chi connectivity index (χ0n) is 11.4. The molecule has 7 nitrogen and oxygen atoms in total. The number of imidazole rings is 1. The van der Waals surface area contributed by atoms with E-state index in [0.717, 1.165) is 4.96 Å². The van der Waals surface area contributed by atoms with Gasteiger partial charge in [-0.1, -0.05) is 0 Å². The lowest BCUT2D eigenvalue weighted by Crippen LogP contribution is -2.41. The van der Waals surface area contributed by atoms with Crippen LogP contribution in [-0.4, -0.2) is 57.1 Å². The van der Waals surface area contributed by atoms with Crippen molar-refractivity contribution in [3.8, 4) is 0 Å². The highest BCUT2D eigenvalue weighted by atomic mass is 32.1. The second-order valence-corrected chi connectivity index (χ2v) is 5.87. The smallest absolute Gasteiger partial charge is 0.326 e. The summed E-state index contributed by atoms with van der Waals surface area (Å²) in [7, 11) is 1.53. The Balaban J connectivity index is 1.74. The number of methoxy groups -OCH3 is 1. The van der Waals surface area contributed by atoms with Gasteiger partial charge in [-0.15, -0.1) is 11.3 Å². The number of fused-ring (bicyclic) bond motifs is 1. The summed E-state index contributed by atoms with van der Waals surface area (Å²) < 4.78 is 7.03. The maximum atomic E-state index is 12.4. The lowest BCUT2D eigenvalue weighted by atomic mass is 10.2. The fourth-order valence-corrected chi connectivity index (χ4v) is 3.31. The number of carboxylic acid groups (broad SMARTS) is 1. The average Bonchev–Trinajstić information content (AvgIpc) is 3.10. The summed E-state index contributed by atoms with van der Waals surface area (Å²) in [5.41, 5.74) is 0.650. The predicted molar refractivity (Wildman–Crippen MR) is 75.3 cm³/mol. The molecule has 0 bridgehead atoms. The fourth-order valence-electron chi connectivity index (χ4n) is 2.60. The topological polar surface area (TPSA) is 84.1 Å². The molecule has 112 valence electrons. The number of carboxylic acids is 1. The third-order valence-corrected chi connectivity index (χ3v) is 4.45. The number of carbonyl (C=O) groups excluding carboxylic acids is 1. The van der Waals surface area contributed by atoms with Gasteiger partial charge in [-0.3, -0.25) is 9.20 Å². The Morgan fingerprint density at radius 3 is 3.05 bits per heavy atom. The van der Waals surface area contributed by atoms with E-state index in [4.69, 9.17) is 4.74 Å². The van der Waals surface area contributed by atoms with Crippen LogP contribution < -0.4 is 0 Å². The zero-order valence-corrected chi connectivity index (χ0v) is 12.2. The van der Waals surface area contributed by atoms with Crippen molar-refractivity contribution in [2.45, 2.75) is 25.0 Å². The van der Waals surface area contributed by atoms with Gasteiger partial charge in [0.1, 0.15) is 6.04 Å². The third-order valence-electron chi connectivity index (χ3n) is 3.68. The van der Waals surface area contributed by atoms with E-state index in [-0.39, 0.29) is 18.4 Å². The number of likely N-dealkylation sites (tertiary alicyclic amines) is 1. The molecule has 1 amide bonds. The maximum Gasteiger partial charge on any atom is 0.326 e. The summed E-state index contributed by atoms with van der Waals surface area (Å²) in [6, 6.07) is -0.814. The summed E-state index contributed by atoms with van der Waals surface area (Å²) in [5.74, 6) is -1.22. The van der Waals surface area contributed by atoms with Crippen LogP contribution in [0, 0.1) is 0 Å². The number of aliphatic carboxylic acids is 1. The van der Waals surface area contributed by atoms with Crippen LogP contribution in [0.5, 0.6) is 0 Å². The molecular formula is C13H15N3O4S. The van der Waals surface area contributed by atoms with Crippen LogP contribution in [0.25, 0.3) is 4.96 Å². The first-order valence-electron chi connectivity index (χ1n) is 6.54. The normalized spacial score (nSPS) is 22.0. The van der Waals surface area contributed by atoms with Crippen LogP contribution in [-0.2, 0) is 20.7 Å². The number of hydrogen-bond acceptors (Lipinski definition) is 5. The van der Waals surface area contributed by atoms with Gasteiger partial charge in [0, 0.05) is 37.8 Å². The zero-order chi connectivity index (χ0) is 15.0. The molecule has 3 rings (SSSR count). The summed E-state index contributed by atoms with van der Waals surface area (Å²) in [6.07, 6.45) is 3.88. The molecule has 2 atom stereocenters. The molecule has 1 aliphatic rings. The quantitative estimate of drug-likeness (QED) is 0.896. The summed E-state index contributed by atoms with van der Waals surface area (Å²) in [5, 5.41) is 11.1. The monoisotopic (exact) mass is 309 g/mol. The van der Waals surface area contributed by atoms with E-state index < -0.39 is 12.0 Å². The van der Waals surface area contributed by atoms with E-state index in [1.165, 1.54) is 23.3 Å². The van der Waals surface area contributed by atoms with E-state index in [1.54, 1.807) is 6.20 Å². The minimum atomic E-state index is -0.992. The largest absolute Gasteiger partial charge is 0.480 e. The van der Waals surface area contributed by atoms with E-state index in [2.05, 4.69) is 4.98 Å². The van der Waals surface area contributed by atoms with E-state index >= 15 is 0 Å². The van der Waals surface area contributed by atoms with Gasteiger partial charge in [-0.2, -0.15) is 0 Å². The standard InChI is InChI=1S/C13H15N3O4S/c1-20-9-5-10(12(18)19)16(7-9)11(17)4-8-6-15-2-3-21-13(15)14-8/h2-3,6,9-10H,4-5,7H2,1H3,(H,18,19). The lowest BCUT2D eigenvalue weighted by molar-refractivity contribution is -0.148. The van der Waals surface area contributed by atoms with Gasteiger partial charge >= 0.3 is 5.97 Å². The van der Waals surface area contributed by atoms with Crippen molar-refractivity contribution in [1.29, 1.82) is 0 Å². The van der Waals surface area contributed by atoms with Crippen molar-refractivity contribution in [2.24, 2.45) is 0 Å². The van der Waals surface area contributed by atoms with Crippen molar-refractivity contribution in [1.82, 2.24) is 14.3 Å². The van der Waals surface area contributed by atoms with Gasteiger partial charge in [0.2, 0.25) is 5.91 Å². The molecule has 2 aromatic rings. The first-order chi connectivity index (χ1) is 10.1. The molecule has 1 fully saturated rings. The molecule has 2 aromatic heterocycles. The van der Waals surface area contributed by atoms with Gasteiger partial charge in [0.15, 0.2) is 4.96 Å². The number of carbonyl (C=O) groups is 2. The second kappa shape index (κ2) is 5.45. The third kappa shape index (κ3) is 2.64. The second-order valence-electron chi connectivity index (χ2n) is 5.00. The first kappa shape index (κ1) is 14.0. The molecule has 1 aliphatic heterocycles. The minimum absolute atomic E-state index is 0.106. The Bertz CT molecular complexity index is 651. The lowest BCUT2D eigenvalue weighted by Gasteiger charge is -2.20. The number of rotatable bonds is 4. The minimum Gasteiger partial charge on any atom is -0.480 e. The van der Waals surface area contributed by atoms with Gasteiger partial charge in [-0.25, -0.2) is 9.78 Å². The summed E-state index contributed by atoms with van der Waals surface area (Å²) in [4.78, 5) is 30.2.